The van der Waals surface area contributed by atoms with E-state index in [0.29, 0.717) is 12.1 Å². The number of pyridine rings is 1. The molecule has 2 rings (SSSR count). The Bertz CT molecular complexity index is 987. The van der Waals surface area contributed by atoms with E-state index in [1.54, 1.807) is 0 Å². The number of nitro groups is 1. The van der Waals surface area contributed by atoms with Crippen molar-refractivity contribution in [2.45, 2.75) is 46.1 Å². The second kappa shape index (κ2) is 9.41. The number of unbranched alkanes of at least 4 members (excludes halogenated alkanes) is 3. The third kappa shape index (κ3) is 4.59. The van der Waals surface area contributed by atoms with E-state index >= 15 is 0 Å². The lowest BCUT2D eigenvalue weighted by molar-refractivity contribution is -0.384. The monoisotopic (exact) mass is 383 g/mol. The smallest absolute Gasteiger partial charge is 0.281 e. The third-order valence-electron chi connectivity index (χ3n) is 4.33. The maximum absolute atomic E-state index is 12.8. The van der Waals surface area contributed by atoms with Crippen LogP contribution in [0.4, 0.5) is 17.1 Å². The van der Waals surface area contributed by atoms with Gasteiger partial charge in [-0.1, -0.05) is 26.2 Å². The molecule has 1 aromatic heterocycles. The van der Waals surface area contributed by atoms with Gasteiger partial charge in [-0.15, -0.1) is 5.11 Å². The topological polar surface area (TPSA) is 134 Å². The van der Waals surface area contributed by atoms with Crippen molar-refractivity contribution in [1.29, 1.82) is 5.26 Å². The number of rotatable bonds is 8. The van der Waals surface area contributed by atoms with Crippen LogP contribution < -0.4 is 5.56 Å². The molecule has 0 saturated heterocycles. The summed E-state index contributed by atoms with van der Waals surface area (Å²) in [7, 11) is 0. The minimum atomic E-state index is -0.531. The van der Waals surface area contributed by atoms with Gasteiger partial charge in [0, 0.05) is 24.2 Å². The van der Waals surface area contributed by atoms with E-state index in [1.807, 2.05) is 6.07 Å². The first kappa shape index (κ1) is 20.8. The number of azo groups is 1. The average molecular weight is 383 g/mol. The molecule has 2 aromatic rings. The Morgan fingerprint density at radius 2 is 1.89 bits per heavy atom. The molecule has 1 N–H and O–H groups in total. The fourth-order valence-electron chi connectivity index (χ4n) is 2.71. The standard InChI is InChI=1S/C19H21N5O4/c1-3-4-5-6-11-23-18(25)16(12-20)13(2)17(19(23)26)22-21-14-7-9-15(10-8-14)24(27)28/h7-10,25H,3-6,11H2,1-2H3. The van der Waals surface area contributed by atoms with Crippen LogP contribution in [0.3, 0.4) is 0 Å². The van der Waals surface area contributed by atoms with Crippen molar-refractivity contribution in [2.75, 3.05) is 0 Å². The van der Waals surface area contributed by atoms with Crippen molar-refractivity contribution in [3.05, 3.63) is 55.9 Å². The predicted octanol–water partition coefficient (Wildman–Crippen LogP) is 4.64. The summed E-state index contributed by atoms with van der Waals surface area (Å²) in [6, 6.07) is 7.29. The summed E-state index contributed by atoms with van der Waals surface area (Å²) in [6.45, 7) is 3.87. The van der Waals surface area contributed by atoms with Gasteiger partial charge in [-0.3, -0.25) is 19.5 Å². The highest BCUT2D eigenvalue weighted by molar-refractivity contribution is 5.56. The lowest BCUT2D eigenvalue weighted by atomic mass is 10.1. The van der Waals surface area contributed by atoms with Gasteiger partial charge in [0.25, 0.3) is 11.2 Å². The Labute approximate surface area is 161 Å². The number of nitro benzene ring substituents is 1. The summed E-state index contributed by atoms with van der Waals surface area (Å²) in [6.07, 6.45) is 3.64. The number of hydrogen-bond donors (Lipinski definition) is 1. The molecular formula is C19H21N5O4. The molecule has 0 aliphatic carbocycles. The van der Waals surface area contributed by atoms with Crippen molar-refractivity contribution in [1.82, 2.24) is 4.57 Å². The lowest BCUT2D eigenvalue weighted by Crippen LogP contribution is -2.22. The maximum atomic E-state index is 12.8. The first-order valence-electron chi connectivity index (χ1n) is 8.93. The molecule has 0 radical (unpaired) electrons. The molecule has 0 atom stereocenters. The zero-order valence-corrected chi connectivity index (χ0v) is 15.8. The first-order valence-corrected chi connectivity index (χ1v) is 8.93. The molecule has 9 nitrogen and oxygen atoms in total. The Balaban J connectivity index is 2.41. The molecule has 0 spiro atoms. The van der Waals surface area contributed by atoms with Crippen LogP contribution in [0.5, 0.6) is 5.88 Å². The largest absolute Gasteiger partial charge is 0.493 e. The number of aromatic nitrogens is 1. The molecule has 1 aromatic carbocycles. The number of nitrogens with zero attached hydrogens (tertiary/aromatic N) is 5. The van der Waals surface area contributed by atoms with Crippen LogP contribution in [0.15, 0.2) is 39.3 Å². The number of aromatic hydroxyl groups is 1. The Kier molecular flexibility index (Phi) is 6.98. The van der Waals surface area contributed by atoms with E-state index in [4.69, 9.17) is 0 Å². The van der Waals surface area contributed by atoms with Crippen molar-refractivity contribution in [3.63, 3.8) is 0 Å². The van der Waals surface area contributed by atoms with Crippen LogP contribution in [-0.4, -0.2) is 14.6 Å². The predicted molar refractivity (Wildman–Crippen MR) is 103 cm³/mol. The van der Waals surface area contributed by atoms with Gasteiger partial charge in [-0.05, 0) is 25.5 Å². The summed E-state index contributed by atoms with van der Waals surface area (Å²) in [5.74, 6) is -0.365. The fraction of sp³-hybridized carbons (Fsp3) is 0.368. The minimum Gasteiger partial charge on any atom is -0.493 e. The molecule has 0 unspecified atom stereocenters. The van der Waals surface area contributed by atoms with Gasteiger partial charge in [0.1, 0.15) is 11.6 Å². The minimum absolute atomic E-state index is 0.0206. The van der Waals surface area contributed by atoms with Gasteiger partial charge < -0.3 is 5.11 Å². The summed E-state index contributed by atoms with van der Waals surface area (Å²) in [5, 5.41) is 38.3. The molecule has 0 amide bonds. The molecule has 146 valence electrons. The van der Waals surface area contributed by atoms with E-state index in [-0.39, 0.29) is 34.9 Å². The van der Waals surface area contributed by atoms with Crippen LogP contribution in [0.1, 0.15) is 43.7 Å². The Hall–Kier alpha value is -3.54. The van der Waals surface area contributed by atoms with Crippen molar-refractivity contribution >= 4 is 17.1 Å². The summed E-state index contributed by atoms with van der Waals surface area (Å²) in [4.78, 5) is 22.9. The lowest BCUT2D eigenvalue weighted by Gasteiger charge is -2.12. The molecule has 1 heterocycles. The van der Waals surface area contributed by atoms with Gasteiger partial charge in [0.05, 0.1) is 10.6 Å². The van der Waals surface area contributed by atoms with E-state index in [2.05, 4.69) is 17.2 Å². The fourth-order valence-corrected chi connectivity index (χ4v) is 2.71. The number of hydrogen-bond acceptors (Lipinski definition) is 7. The quantitative estimate of drug-likeness (QED) is 0.307. The molecule has 0 aliphatic heterocycles. The van der Waals surface area contributed by atoms with Crippen LogP contribution in [0.25, 0.3) is 0 Å². The zero-order chi connectivity index (χ0) is 20.7. The molecule has 0 saturated carbocycles. The highest BCUT2D eigenvalue weighted by atomic mass is 16.6. The molecular weight excluding hydrogens is 362 g/mol. The van der Waals surface area contributed by atoms with Gasteiger partial charge in [-0.25, -0.2) is 0 Å². The van der Waals surface area contributed by atoms with Gasteiger partial charge in [0.2, 0.25) is 5.88 Å². The number of nitriles is 1. The molecule has 0 fully saturated rings. The summed E-state index contributed by atoms with van der Waals surface area (Å²) in [5.41, 5.74) is -0.112. The highest BCUT2D eigenvalue weighted by Crippen LogP contribution is 2.27. The molecule has 9 heteroatoms. The van der Waals surface area contributed by atoms with Crippen LogP contribution in [0, 0.1) is 28.4 Å². The van der Waals surface area contributed by atoms with Gasteiger partial charge in [0.15, 0.2) is 5.69 Å². The van der Waals surface area contributed by atoms with E-state index in [9.17, 15) is 25.3 Å². The molecule has 0 aliphatic rings. The average Bonchev–Trinajstić information content (AvgIpc) is 2.68. The van der Waals surface area contributed by atoms with E-state index in [1.165, 1.54) is 31.2 Å². The van der Waals surface area contributed by atoms with Crippen LogP contribution in [0.2, 0.25) is 0 Å². The normalized spacial score (nSPS) is 10.9. The van der Waals surface area contributed by atoms with Crippen molar-refractivity contribution < 1.29 is 10.0 Å². The number of benzene rings is 1. The summed E-state index contributed by atoms with van der Waals surface area (Å²) >= 11 is 0. The second-order valence-corrected chi connectivity index (χ2v) is 6.27. The van der Waals surface area contributed by atoms with Crippen molar-refractivity contribution in [2.24, 2.45) is 10.2 Å². The second-order valence-electron chi connectivity index (χ2n) is 6.27. The Morgan fingerprint density at radius 3 is 2.46 bits per heavy atom. The Morgan fingerprint density at radius 1 is 1.21 bits per heavy atom. The van der Waals surface area contributed by atoms with Crippen LogP contribution in [-0.2, 0) is 6.54 Å². The summed E-state index contributed by atoms with van der Waals surface area (Å²) < 4.78 is 1.14. The zero-order valence-electron chi connectivity index (χ0n) is 15.8. The third-order valence-corrected chi connectivity index (χ3v) is 4.33. The van der Waals surface area contributed by atoms with E-state index in [0.717, 1.165) is 23.8 Å². The SMILES string of the molecule is CCCCCCn1c(O)c(C#N)c(C)c(N=Nc2ccc([N+](=O)[O-])cc2)c1=O. The first-order chi connectivity index (χ1) is 13.4. The van der Waals surface area contributed by atoms with Gasteiger partial charge in [-0.2, -0.15) is 10.4 Å². The van der Waals surface area contributed by atoms with Crippen molar-refractivity contribution in [3.8, 4) is 11.9 Å². The molecule has 0 bridgehead atoms. The maximum Gasteiger partial charge on any atom is 0.281 e. The number of non-ortho nitro benzene ring substituents is 1. The highest BCUT2D eigenvalue weighted by Gasteiger charge is 2.19. The van der Waals surface area contributed by atoms with E-state index < -0.39 is 10.5 Å². The van der Waals surface area contributed by atoms with Gasteiger partial charge >= 0.3 is 0 Å². The van der Waals surface area contributed by atoms with Crippen LogP contribution >= 0.6 is 0 Å². The molecule has 28 heavy (non-hydrogen) atoms.